The average molecular weight is 405 g/mol. The number of ether oxygens (including phenoxy) is 1. The van der Waals surface area contributed by atoms with Gasteiger partial charge in [-0.25, -0.2) is 0 Å². The lowest BCUT2D eigenvalue weighted by Gasteiger charge is -2.11. The Hall–Kier alpha value is -3.07. The number of aromatic hydroxyl groups is 1. The van der Waals surface area contributed by atoms with E-state index in [1.807, 2.05) is 69.3 Å². The first kappa shape index (κ1) is 23.2. The fourth-order valence-electron chi connectivity index (χ4n) is 3.03. The van der Waals surface area contributed by atoms with Crippen molar-refractivity contribution in [2.75, 3.05) is 6.61 Å². The molecule has 1 N–H and O–H groups in total. The van der Waals surface area contributed by atoms with E-state index >= 15 is 0 Å². The smallest absolute Gasteiger partial charge is 0.306 e. The first-order chi connectivity index (χ1) is 14.4. The van der Waals surface area contributed by atoms with Gasteiger partial charge in [0, 0.05) is 6.42 Å². The Morgan fingerprint density at radius 1 is 1.03 bits per heavy atom. The molecule has 0 unspecified atom stereocenters. The number of allylic oxidation sites excluding steroid dienone is 3. The third kappa shape index (κ3) is 7.75. The quantitative estimate of drug-likeness (QED) is 0.378. The minimum atomic E-state index is -0.202. The van der Waals surface area contributed by atoms with Gasteiger partial charge in [0.05, 0.1) is 0 Å². The Kier molecular flexibility index (Phi) is 9.14. The van der Waals surface area contributed by atoms with Crippen LogP contribution in [0.25, 0.3) is 6.08 Å². The van der Waals surface area contributed by atoms with Crippen molar-refractivity contribution in [3.05, 3.63) is 94.6 Å². The maximum absolute atomic E-state index is 12.0. The first-order valence-electron chi connectivity index (χ1n) is 10.3. The summed E-state index contributed by atoms with van der Waals surface area (Å²) in [6.07, 6.45) is 8.19. The molecule has 0 heterocycles. The van der Waals surface area contributed by atoms with E-state index in [4.69, 9.17) is 4.74 Å². The summed E-state index contributed by atoms with van der Waals surface area (Å²) in [5.74, 6) is 0.120. The van der Waals surface area contributed by atoms with Crippen LogP contribution in [0, 0.1) is 0 Å². The van der Waals surface area contributed by atoms with Crippen LogP contribution in [-0.4, -0.2) is 17.7 Å². The maximum atomic E-state index is 12.0. The lowest BCUT2D eigenvalue weighted by Crippen LogP contribution is -2.08. The van der Waals surface area contributed by atoms with E-state index in [-0.39, 0.29) is 12.6 Å². The monoisotopic (exact) mass is 404 g/mol. The second kappa shape index (κ2) is 11.8. The highest BCUT2D eigenvalue weighted by Gasteiger charge is 2.09. The van der Waals surface area contributed by atoms with Crippen LogP contribution in [0.2, 0.25) is 0 Å². The summed E-state index contributed by atoms with van der Waals surface area (Å²) in [6.45, 7) is 10.1. The highest BCUT2D eigenvalue weighted by atomic mass is 16.5. The van der Waals surface area contributed by atoms with Gasteiger partial charge < -0.3 is 9.84 Å². The maximum Gasteiger partial charge on any atom is 0.306 e. The summed E-state index contributed by atoms with van der Waals surface area (Å²) in [5, 5.41) is 10.7. The van der Waals surface area contributed by atoms with Crippen LogP contribution in [0.5, 0.6) is 5.75 Å². The van der Waals surface area contributed by atoms with Gasteiger partial charge in [-0.3, -0.25) is 4.79 Å². The number of benzene rings is 2. The van der Waals surface area contributed by atoms with Gasteiger partial charge in [0.2, 0.25) is 0 Å². The number of hydrogen-bond acceptors (Lipinski definition) is 3. The molecule has 0 spiro atoms. The molecule has 0 aliphatic heterocycles. The van der Waals surface area contributed by atoms with Crippen molar-refractivity contribution in [1.82, 2.24) is 0 Å². The molecule has 3 heteroatoms. The molecule has 2 aromatic carbocycles. The zero-order valence-electron chi connectivity index (χ0n) is 18.3. The van der Waals surface area contributed by atoms with Gasteiger partial charge in [0.25, 0.3) is 0 Å². The van der Waals surface area contributed by atoms with E-state index in [0.717, 1.165) is 27.8 Å². The molecule has 0 saturated carbocycles. The normalized spacial score (nSPS) is 11.1. The Labute approximate surface area is 180 Å². The molecule has 2 rings (SSSR count). The highest BCUT2D eigenvalue weighted by molar-refractivity contribution is 5.69. The SMILES string of the molecule is C=Cc1cc(CC=C(C)C)c(O)c(C/C=C(/C)COC(=O)CCc2ccccc2)c1. The van der Waals surface area contributed by atoms with E-state index in [9.17, 15) is 9.90 Å². The predicted octanol–water partition coefficient (Wildman–Crippen LogP) is 6.21. The lowest BCUT2D eigenvalue weighted by atomic mass is 9.98. The highest BCUT2D eigenvalue weighted by Crippen LogP contribution is 2.27. The molecular formula is C27H32O3. The molecule has 2 aromatic rings. The number of aryl methyl sites for hydroxylation is 1. The van der Waals surface area contributed by atoms with Crippen LogP contribution in [0.15, 0.2) is 72.3 Å². The van der Waals surface area contributed by atoms with Gasteiger partial charge in [0.1, 0.15) is 12.4 Å². The van der Waals surface area contributed by atoms with Crippen LogP contribution in [-0.2, 0) is 28.8 Å². The number of carbonyl (C=O) groups is 1. The molecule has 0 amide bonds. The van der Waals surface area contributed by atoms with Gasteiger partial charge in [-0.1, -0.05) is 60.7 Å². The van der Waals surface area contributed by atoms with Crippen LogP contribution in [0.3, 0.4) is 0 Å². The Bertz CT molecular complexity index is 917. The van der Waals surface area contributed by atoms with E-state index in [0.29, 0.717) is 31.4 Å². The van der Waals surface area contributed by atoms with Crippen LogP contribution >= 0.6 is 0 Å². The minimum absolute atomic E-state index is 0.202. The molecule has 158 valence electrons. The predicted molar refractivity (Wildman–Crippen MR) is 125 cm³/mol. The average Bonchev–Trinajstić information content (AvgIpc) is 2.75. The number of rotatable bonds is 10. The minimum Gasteiger partial charge on any atom is -0.507 e. The Morgan fingerprint density at radius 3 is 2.27 bits per heavy atom. The molecular weight excluding hydrogens is 372 g/mol. The van der Waals surface area contributed by atoms with Crippen molar-refractivity contribution in [3.63, 3.8) is 0 Å². The molecule has 0 aliphatic carbocycles. The molecule has 0 bridgehead atoms. The van der Waals surface area contributed by atoms with Gasteiger partial charge in [-0.15, -0.1) is 0 Å². The van der Waals surface area contributed by atoms with Crippen molar-refractivity contribution in [2.24, 2.45) is 0 Å². The van der Waals surface area contributed by atoms with Gasteiger partial charge in [-0.05, 0) is 80.0 Å². The molecule has 0 aliphatic rings. The van der Waals surface area contributed by atoms with Crippen molar-refractivity contribution >= 4 is 12.0 Å². The molecule has 3 nitrogen and oxygen atoms in total. The van der Waals surface area contributed by atoms with Crippen molar-refractivity contribution in [3.8, 4) is 5.75 Å². The molecule has 0 saturated heterocycles. The summed E-state index contributed by atoms with van der Waals surface area (Å²) in [6, 6.07) is 13.8. The second-order valence-electron chi connectivity index (χ2n) is 7.78. The van der Waals surface area contributed by atoms with Crippen molar-refractivity contribution in [2.45, 2.75) is 46.5 Å². The summed E-state index contributed by atoms with van der Waals surface area (Å²) in [4.78, 5) is 12.0. The molecule has 0 atom stereocenters. The molecule has 0 aromatic heterocycles. The Morgan fingerprint density at radius 2 is 1.67 bits per heavy atom. The Balaban J connectivity index is 1.93. The van der Waals surface area contributed by atoms with E-state index < -0.39 is 0 Å². The number of phenols is 1. The van der Waals surface area contributed by atoms with Crippen molar-refractivity contribution in [1.29, 1.82) is 0 Å². The first-order valence-corrected chi connectivity index (χ1v) is 10.3. The van der Waals surface area contributed by atoms with Crippen molar-refractivity contribution < 1.29 is 14.6 Å². The number of carbonyl (C=O) groups excluding carboxylic acids is 1. The topological polar surface area (TPSA) is 46.5 Å². The third-order valence-corrected chi connectivity index (χ3v) is 4.85. The van der Waals surface area contributed by atoms with E-state index in [2.05, 4.69) is 12.7 Å². The summed E-state index contributed by atoms with van der Waals surface area (Å²) >= 11 is 0. The third-order valence-electron chi connectivity index (χ3n) is 4.85. The zero-order chi connectivity index (χ0) is 21.9. The molecule has 0 fully saturated rings. The number of phenolic OH excluding ortho intramolecular Hbond substituents is 1. The zero-order valence-corrected chi connectivity index (χ0v) is 18.3. The lowest BCUT2D eigenvalue weighted by molar-refractivity contribution is -0.142. The van der Waals surface area contributed by atoms with E-state index in [1.54, 1.807) is 6.08 Å². The molecule has 0 radical (unpaired) electrons. The fraction of sp³-hybridized carbons (Fsp3) is 0.296. The largest absolute Gasteiger partial charge is 0.507 e. The summed E-state index contributed by atoms with van der Waals surface area (Å²) in [7, 11) is 0. The molecule has 30 heavy (non-hydrogen) atoms. The summed E-state index contributed by atoms with van der Waals surface area (Å²) < 4.78 is 5.38. The van der Waals surface area contributed by atoms with Crippen LogP contribution in [0.4, 0.5) is 0 Å². The van der Waals surface area contributed by atoms with Gasteiger partial charge in [0.15, 0.2) is 0 Å². The standard InChI is InChI=1S/C27H32O3/c1-5-22-17-24(14-11-20(2)3)27(29)25(18-22)15-12-21(4)19-30-26(28)16-13-23-9-7-6-8-10-23/h5-12,17-18,29H,1,13-16,19H2,2-4H3/b21-12-. The van der Waals surface area contributed by atoms with Gasteiger partial charge in [-0.2, -0.15) is 0 Å². The second-order valence-corrected chi connectivity index (χ2v) is 7.78. The van der Waals surface area contributed by atoms with E-state index in [1.165, 1.54) is 5.57 Å². The van der Waals surface area contributed by atoms with Crippen LogP contribution < -0.4 is 0 Å². The summed E-state index contributed by atoms with van der Waals surface area (Å²) in [5.41, 5.74) is 6.02. The van der Waals surface area contributed by atoms with Gasteiger partial charge >= 0.3 is 5.97 Å². The number of esters is 1. The number of hydrogen-bond donors (Lipinski definition) is 1. The van der Waals surface area contributed by atoms with Crippen LogP contribution in [0.1, 0.15) is 49.4 Å². The fourth-order valence-corrected chi connectivity index (χ4v) is 3.03.